The van der Waals surface area contributed by atoms with Gasteiger partial charge in [0.25, 0.3) is 5.89 Å². The maximum absolute atomic E-state index is 5.99. The fourth-order valence-corrected chi connectivity index (χ4v) is 2.69. The number of hydrogen-bond donors (Lipinski definition) is 1. The molecule has 0 unspecified atom stereocenters. The van der Waals surface area contributed by atoms with E-state index < -0.39 is 0 Å². The molecule has 2 aromatic heterocycles. The zero-order valence-electron chi connectivity index (χ0n) is 11.1. The Kier molecular flexibility index (Phi) is 3.15. The first-order chi connectivity index (χ1) is 9.69. The van der Waals surface area contributed by atoms with Crippen LogP contribution in [0.4, 0.5) is 5.69 Å². The van der Waals surface area contributed by atoms with Crippen molar-refractivity contribution in [3.63, 3.8) is 0 Å². The summed E-state index contributed by atoms with van der Waals surface area (Å²) >= 11 is 1.50. The molecule has 0 bridgehead atoms. The Morgan fingerprint density at radius 3 is 2.60 bits per heavy atom. The molecule has 0 radical (unpaired) electrons. The van der Waals surface area contributed by atoms with Gasteiger partial charge >= 0.3 is 0 Å². The lowest BCUT2D eigenvalue weighted by Crippen LogP contribution is -1.87. The summed E-state index contributed by atoms with van der Waals surface area (Å²) in [5, 5.41) is 5.97. The van der Waals surface area contributed by atoms with Crippen LogP contribution in [-0.2, 0) is 0 Å². The Bertz CT molecular complexity index is 731. The number of ether oxygens (including phenoxy) is 1. The van der Waals surface area contributed by atoms with Gasteiger partial charge in [0.1, 0.15) is 10.6 Å². The third-order valence-electron chi connectivity index (χ3n) is 2.99. The lowest BCUT2D eigenvalue weighted by Gasteiger charge is -1.98. The summed E-state index contributed by atoms with van der Waals surface area (Å²) in [6.07, 6.45) is 0. The molecule has 0 saturated carbocycles. The highest BCUT2D eigenvalue weighted by molar-refractivity contribution is 7.14. The number of hydrogen-bond acceptors (Lipinski definition) is 6. The molecule has 0 aliphatic heterocycles. The Morgan fingerprint density at radius 2 is 2.00 bits per heavy atom. The molecule has 0 aliphatic rings. The minimum atomic E-state index is 0.450. The van der Waals surface area contributed by atoms with E-state index in [1.54, 1.807) is 7.11 Å². The molecule has 20 heavy (non-hydrogen) atoms. The van der Waals surface area contributed by atoms with Gasteiger partial charge in [0.2, 0.25) is 5.82 Å². The minimum absolute atomic E-state index is 0.450. The van der Waals surface area contributed by atoms with Gasteiger partial charge in [-0.1, -0.05) is 5.16 Å². The second-order valence-electron chi connectivity index (χ2n) is 4.31. The lowest BCUT2D eigenvalue weighted by atomic mass is 10.2. The van der Waals surface area contributed by atoms with Crippen LogP contribution in [0, 0.1) is 6.92 Å². The number of thiophene rings is 1. The number of nitrogen functional groups attached to an aromatic ring is 1. The minimum Gasteiger partial charge on any atom is -0.497 e. The lowest BCUT2D eigenvalue weighted by molar-refractivity contribution is 0.415. The maximum atomic E-state index is 5.99. The molecule has 0 atom stereocenters. The number of aromatic nitrogens is 2. The molecule has 0 amide bonds. The van der Waals surface area contributed by atoms with Crippen molar-refractivity contribution in [1.82, 2.24) is 10.1 Å². The number of methoxy groups -OCH3 is 1. The average Bonchev–Trinajstić information content (AvgIpc) is 3.08. The molecule has 3 aromatic rings. The smallest absolute Gasteiger partial charge is 0.270 e. The van der Waals surface area contributed by atoms with Crippen LogP contribution in [-0.4, -0.2) is 17.3 Å². The second-order valence-corrected chi connectivity index (χ2v) is 5.19. The SMILES string of the molecule is COc1ccc(-c2noc(-c3scc(C)c3N)n2)cc1. The summed E-state index contributed by atoms with van der Waals surface area (Å²) in [6.45, 7) is 1.95. The van der Waals surface area contributed by atoms with Crippen LogP contribution in [0.5, 0.6) is 5.75 Å². The molecular formula is C14H13N3O2S. The molecule has 2 heterocycles. The quantitative estimate of drug-likeness (QED) is 0.799. The normalized spacial score (nSPS) is 10.7. The van der Waals surface area contributed by atoms with Crippen molar-refractivity contribution in [3.8, 4) is 27.9 Å². The number of anilines is 1. The zero-order valence-corrected chi connectivity index (χ0v) is 11.9. The van der Waals surface area contributed by atoms with Gasteiger partial charge in [-0.05, 0) is 42.1 Å². The van der Waals surface area contributed by atoms with E-state index >= 15 is 0 Å². The van der Waals surface area contributed by atoms with Gasteiger partial charge in [0.05, 0.1) is 12.8 Å². The van der Waals surface area contributed by atoms with Crippen molar-refractivity contribution < 1.29 is 9.26 Å². The van der Waals surface area contributed by atoms with E-state index in [1.165, 1.54) is 11.3 Å². The first-order valence-corrected chi connectivity index (χ1v) is 6.89. The van der Waals surface area contributed by atoms with Crippen molar-refractivity contribution in [2.24, 2.45) is 0 Å². The summed E-state index contributed by atoms with van der Waals surface area (Å²) in [5.74, 6) is 1.77. The largest absolute Gasteiger partial charge is 0.497 e. The molecule has 0 fully saturated rings. The van der Waals surface area contributed by atoms with E-state index in [2.05, 4.69) is 10.1 Å². The Hall–Kier alpha value is -2.34. The highest BCUT2D eigenvalue weighted by Crippen LogP contribution is 2.34. The van der Waals surface area contributed by atoms with Crippen LogP contribution in [0.1, 0.15) is 5.56 Å². The van der Waals surface area contributed by atoms with Gasteiger partial charge in [-0.2, -0.15) is 4.98 Å². The van der Waals surface area contributed by atoms with Gasteiger partial charge in [0.15, 0.2) is 0 Å². The Balaban J connectivity index is 1.95. The predicted molar refractivity (Wildman–Crippen MR) is 78.7 cm³/mol. The van der Waals surface area contributed by atoms with E-state index in [0.717, 1.165) is 21.8 Å². The first-order valence-electron chi connectivity index (χ1n) is 6.01. The molecule has 3 rings (SSSR count). The van der Waals surface area contributed by atoms with Crippen LogP contribution in [0.3, 0.4) is 0 Å². The number of nitrogens with two attached hydrogens (primary N) is 1. The molecule has 5 nitrogen and oxygen atoms in total. The van der Waals surface area contributed by atoms with Gasteiger partial charge in [-0.15, -0.1) is 11.3 Å². The third kappa shape index (κ3) is 2.14. The Labute approximate surface area is 120 Å². The van der Waals surface area contributed by atoms with Crippen molar-refractivity contribution in [3.05, 3.63) is 35.2 Å². The van der Waals surface area contributed by atoms with E-state index in [1.807, 2.05) is 36.6 Å². The average molecular weight is 287 g/mol. The van der Waals surface area contributed by atoms with E-state index in [4.69, 9.17) is 15.0 Å². The highest BCUT2D eigenvalue weighted by atomic mass is 32.1. The molecule has 0 spiro atoms. The number of aryl methyl sites for hydroxylation is 1. The monoisotopic (exact) mass is 287 g/mol. The summed E-state index contributed by atoms with van der Waals surface area (Å²) < 4.78 is 10.4. The topological polar surface area (TPSA) is 74.2 Å². The van der Waals surface area contributed by atoms with Crippen LogP contribution in [0.2, 0.25) is 0 Å². The summed E-state index contributed by atoms with van der Waals surface area (Å²) in [6, 6.07) is 7.48. The highest BCUT2D eigenvalue weighted by Gasteiger charge is 2.15. The number of rotatable bonds is 3. The van der Waals surface area contributed by atoms with Crippen LogP contribution >= 0.6 is 11.3 Å². The van der Waals surface area contributed by atoms with Crippen molar-refractivity contribution in [2.75, 3.05) is 12.8 Å². The van der Waals surface area contributed by atoms with Gasteiger partial charge < -0.3 is 15.0 Å². The standard InChI is InChI=1S/C14H13N3O2S/c1-8-7-20-12(11(8)15)14-16-13(17-19-14)9-3-5-10(18-2)6-4-9/h3-7H,15H2,1-2H3. The van der Waals surface area contributed by atoms with Crippen molar-refractivity contribution in [1.29, 1.82) is 0 Å². The molecule has 0 saturated heterocycles. The third-order valence-corrected chi connectivity index (χ3v) is 4.09. The molecule has 2 N–H and O–H groups in total. The molecule has 0 aliphatic carbocycles. The number of nitrogens with zero attached hydrogens (tertiary/aromatic N) is 2. The van der Waals surface area contributed by atoms with Crippen molar-refractivity contribution in [2.45, 2.75) is 6.92 Å². The molecule has 102 valence electrons. The van der Waals surface area contributed by atoms with Crippen LogP contribution < -0.4 is 10.5 Å². The fourth-order valence-electron chi connectivity index (χ4n) is 1.79. The van der Waals surface area contributed by atoms with Crippen molar-refractivity contribution >= 4 is 17.0 Å². The predicted octanol–water partition coefficient (Wildman–Crippen LogP) is 3.36. The molecule has 1 aromatic carbocycles. The molecular weight excluding hydrogens is 274 g/mol. The fraction of sp³-hybridized carbons (Fsp3) is 0.143. The maximum Gasteiger partial charge on any atom is 0.270 e. The van der Waals surface area contributed by atoms with Crippen LogP contribution in [0.15, 0.2) is 34.2 Å². The van der Waals surface area contributed by atoms with Gasteiger partial charge in [-0.3, -0.25) is 0 Å². The van der Waals surface area contributed by atoms with E-state index in [0.29, 0.717) is 17.4 Å². The molecule has 6 heteroatoms. The second kappa shape index (κ2) is 4.97. The summed E-state index contributed by atoms with van der Waals surface area (Å²) in [4.78, 5) is 5.21. The van der Waals surface area contributed by atoms with Gasteiger partial charge in [-0.25, -0.2) is 0 Å². The number of benzene rings is 1. The zero-order chi connectivity index (χ0) is 14.1. The first kappa shape index (κ1) is 12.7. The summed E-state index contributed by atoms with van der Waals surface area (Å²) in [7, 11) is 1.63. The summed E-state index contributed by atoms with van der Waals surface area (Å²) in [5.41, 5.74) is 8.57. The Morgan fingerprint density at radius 1 is 1.25 bits per heavy atom. The van der Waals surface area contributed by atoms with E-state index in [-0.39, 0.29) is 0 Å². The van der Waals surface area contributed by atoms with Crippen LogP contribution in [0.25, 0.3) is 22.2 Å². The van der Waals surface area contributed by atoms with E-state index in [9.17, 15) is 0 Å². The van der Waals surface area contributed by atoms with Gasteiger partial charge in [0, 0.05) is 5.56 Å².